The normalized spacial score (nSPS) is 20.5. The number of carbonyl (C=O) groups is 1. The van der Waals surface area contributed by atoms with E-state index in [2.05, 4.69) is 39.0 Å². The smallest absolute Gasteiger partial charge is 0.253 e. The van der Waals surface area contributed by atoms with Crippen LogP contribution in [0.3, 0.4) is 0 Å². The Labute approximate surface area is 214 Å². The second kappa shape index (κ2) is 11.5. The highest BCUT2D eigenvalue weighted by atomic mass is 16.5. The number of aromatic nitrogens is 1. The van der Waals surface area contributed by atoms with Gasteiger partial charge in [0.15, 0.2) is 0 Å². The fourth-order valence-electron chi connectivity index (χ4n) is 5.52. The second-order valence-electron chi connectivity index (χ2n) is 10.1. The minimum atomic E-state index is -0.321. The summed E-state index contributed by atoms with van der Waals surface area (Å²) in [5.74, 6) is 1.41. The van der Waals surface area contributed by atoms with Gasteiger partial charge >= 0.3 is 0 Å². The topological polar surface area (TPSA) is 67.4 Å². The highest BCUT2D eigenvalue weighted by molar-refractivity contribution is 5.95. The number of carbonyl (C=O) groups excluding carboxylic acids is 1. The molecular formula is C28H38N4O4. The van der Waals surface area contributed by atoms with Gasteiger partial charge < -0.3 is 28.9 Å². The van der Waals surface area contributed by atoms with Crippen molar-refractivity contribution >= 4 is 17.3 Å². The second-order valence-corrected chi connectivity index (χ2v) is 10.1. The zero-order chi connectivity index (χ0) is 24.8. The van der Waals surface area contributed by atoms with Gasteiger partial charge in [-0.05, 0) is 75.5 Å². The molecule has 1 aromatic heterocycles. The highest BCUT2D eigenvalue weighted by Gasteiger charge is 2.42. The SMILES string of the molecule is COc1cc(N2CC3(CCN(c4ccc(OCCCN5CCCCC5)cc4)CC3)OCC2=O)ccn1. The first-order valence-electron chi connectivity index (χ1n) is 13.3. The Morgan fingerprint density at radius 1 is 1.00 bits per heavy atom. The Kier molecular flexibility index (Phi) is 7.92. The zero-order valence-electron chi connectivity index (χ0n) is 21.4. The summed E-state index contributed by atoms with van der Waals surface area (Å²) in [5, 5.41) is 0. The number of hydrogen-bond donors (Lipinski definition) is 0. The summed E-state index contributed by atoms with van der Waals surface area (Å²) < 4.78 is 17.4. The van der Waals surface area contributed by atoms with E-state index in [-0.39, 0.29) is 18.1 Å². The van der Waals surface area contributed by atoms with E-state index in [1.807, 2.05) is 17.0 Å². The van der Waals surface area contributed by atoms with E-state index in [1.54, 1.807) is 13.3 Å². The maximum absolute atomic E-state index is 12.6. The molecule has 1 spiro atoms. The summed E-state index contributed by atoms with van der Waals surface area (Å²) in [5.41, 5.74) is 1.69. The van der Waals surface area contributed by atoms with Gasteiger partial charge in [-0.25, -0.2) is 4.98 Å². The van der Waals surface area contributed by atoms with Gasteiger partial charge in [0.25, 0.3) is 5.91 Å². The molecule has 1 aromatic carbocycles. The van der Waals surface area contributed by atoms with Gasteiger partial charge in [0.05, 0.1) is 31.5 Å². The molecule has 8 nitrogen and oxygen atoms in total. The van der Waals surface area contributed by atoms with Crippen LogP contribution in [0.5, 0.6) is 11.6 Å². The molecule has 0 aliphatic carbocycles. The minimum Gasteiger partial charge on any atom is -0.494 e. The molecule has 8 heteroatoms. The van der Waals surface area contributed by atoms with E-state index in [0.29, 0.717) is 12.4 Å². The number of methoxy groups -OCH3 is 1. The fraction of sp³-hybridized carbons (Fsp3) is 0.571. The zero-order valence-corrected chi connectivity index (χ0v) is 21.4. The van der Waals surface area contributed by atoms with Gasteiger partial charge in [-0.15, -0.1) is 0 Å². The van der Waals surface area contributed by atoms with Crippen LogP contribution >= 0.6 is 0 Å². The van der Waals surface area contributed by atoms with Crippen LogP contribution in [-0.2, 0) is 9.53 Å². The number of ether oxygens (including phenoxy) is 3. The number of benzene rings is 1. The quantitative estimate of drug-likeness (QED) is 0.518. The van der Waals surface area contributed by atoms with Crippen LogP contribution in [-0.4, -0.2) is 81.0 Å². The molecule has 194 valence electrons. The Morgan fingerprint density at radius 3 is 2.53 bits per heavy atom. The molecule has 0 saturated carbocycles. The van der Waals surface area contributed by atoms with Crippen LogP contribution in [0.1, 0.15) is 38.5 Å². The molecule has 5 rings (SSSR count). The van der Waals surface area contributed by atoms with Gasteiger partial charge in [0.2, 0.25) is 5.88 Å². The predicted octanol–water partition coefficient (Wildman–Crippen LogP) is 3.75. The lowest BCUT2D eigenvalue weighted by Gasteiger charge is -2.47. The predicted molar refractivity (Wildman–Crippen MR) is 140 cm³/mol. The van der Waals surface area contributed by atoms with E-state index in [0.717, 1.165) is 56.9 Å². The van der Waals surface area contributed by atoms with Crippen molar-refractivity contribution in [3.63, 3.8) is 0 Å². The van der Waals surface area contributed by atoms with Crippen LogP contribution in [0.2, 0.25) is 0 Å². The first-order chi connectivity index (χ1) is 17.6. The Balaban J connectivity index is 1.11. The highest BCUT2D eigenvalue weighted by Crippen LogP contribution is 2.35. The maximum atomic E-state index is 12.6. The molecule has 3 aliphatic heterocycles. The maximum Gasteiger partial charge on any atom is 0.253 e. The van der Waals surface area contributed by atoms with Crippen molar-refractivity contribution < 1.29 is 19.0 Å². The van der Waals surface area contributed by atoms with Crippen LogP contribution in [0, 0.1) is 0 Å². The Bertz CT molecular complexity index is 1000. The lowest BCUT2D eigenvalue weighted by atomic mass is 9.88. The fourth-order valence-corrected chi connectivity index (χ4v) is 5.52. The van der Waals surface area contributed by atoms with E-state index in [4.69, 9.17) is 14.2 Å². The number of piperidine rings is 2. The summed E-state index contributed by atoms with van der Waals surface area (Å²) >= 11 is 0. The Morgan fingerprint density at radius 2 is 1.78 bits per heavy atom. The van der Waals surface area contributed by atoms with Crippen LogP contribution < -0.4 is 19.3 Å². The van der Waals surface area contributed by atoms with Crippen molar-refractivity contribution in [1.29, 1.82) is 0 Å². The van der Waals surface area contributed by atoms with E-state index >= 15 is 0 Å². The number of nitrogens with zero attached hydrogens (tertiary/aromatic N) is 4. The molecule has 3 fully saturated rings. The molecule has 3 aliphatic rings. The summed E-state index contributed by atoms with van der Waals surface area (Å²) in [7, 11) is 1.58. The van der Waals surface area contributed by atoms with Crippen LogP contribution in [0.15, 0.2) is 42.6 Å². The number of amides is 1. The van der Waals surface area contributed by atoms with Crippen molar-refractivity contribution in [2.45, 2.75) is 44.1 Å². The lowest BCUT2D eigenvalue weighted by molar-refractivity contribution is -0.141. The van der Waals surface area contributed by atoms with Crippen LogP contribution in [0.25, 0.3) is 0 Å². The van der Waals surface area contributed by atoms with Gasteiger partial charge in [0, 0.05) is 37.6 Å². The molecule has 36 heavy (non-hydrogen) atoms. The van der Waals surface area contributed by atoms with Gasteiger partial charge in [0.1, 0.15) is 12.4 Å². The van der Waals surface area contributed by atoms with E-state index in [1.165, 1.54) is 38.0 Å². The molecule has 3 saturated heterocycles. The molecule has 1 amide bonds. The first-order valence-corrected chi connectivity index (χ1v) is 13.3. The minimum absolute atomic E-state index is 0.0252. The van der Waals surface area contributed by atoms with Crippen molar-refractivity contribution in [3.8, 4) is 11.6 Å². The van der Waals surface area contributed by atoms with E-state index in [9.17, 15) is 4.79 Å². The summed E-state index contributed by atoms with van der Waals surface area (Å²) in [4.78, 5) is 23.6. The molecule has 0 radical (unpaired) electrons. The number of rotatable bonds is 8. The third kappa shape index (κ3) is 5.93. The molecule has 4 heterocycles. The molecule has 0 atom stereocenters. The largest absolute Gasteiger partial charge is 0.494 e. The summed E-state index contributed by atoms with van der Waals surface area (Å²) in [6, 6.07) is 12.1. The van der Waals surface area contributed by atoms with Gasteiger partial charge in [-0.2, -0.15) is 0 Å². The summed E-state index contributed by atoms with van der Waals surface area (Å²) in [6.45, 7) is 6.81. The average molecular weight is 495 g/mol. The number of anilines is 2. The monoisotopic (exact) mass is 494 g/mol. The third-order valence-electron chi connectivity index (χ3n) is 7.70. The molecule has 2 aromatic rings. The number of morpholine rings is 1. The standard InChI is InChI=1S/C28H38N4O4/c1-34-26-20-24(10-13-29-26)32-22-28(36-21-27(32)33)11-17-31(18-12-28)23-6-8-25(9-7-23)35-19-5-16-30-14-3-2-4-15-30/h6-10,13,20H,2-5,11-12,14-19,21-22H2,1H3. The van der Waals surface area contributed by atoms with Gasteiger partial charge in [-0.1, -0.05) is 6.42 Å². The van der Waals surface area contributed by atoms with Crippen molar-refractivity contribution in [2.24, 2.45) is 0 Å². The molecule has 0 N–H and O–H groups in total. The first kappa shape index (κ1) is 24.8. The molecule has 0 unspecified atom stereocenters. The van der Waals surface area contributed by atoms with Crippen molar-refractivity contribution in [3.05, 3.63) is 42.6 Å². The molecule has 0 bridgehead atoms. The lowest BCUT2D eigenvalue weighted by Crippen LogP contribution is -2.59. The third-order valence-corrected chi connectivity index (χ3v) is 7.70. The van der Waals surface area contributed by atoms with Crippen molar-refractivity contribution in [1.82, 2.24) is 9.88 Å². The Hall–Kier alpha value is -2.84. The number of likely N-dealkylation sites (tertiary alicyclic amines) is 1. The number of hydrogen-bond acceptors (Lipinski definition) is 7. The number of pyridine rings is 1. The molecular weight excluding hydrogens is 456 g/mol. The van der Waals surface area contributed by atoms with Crippen molar-refractivity contribution in [2.75, 3.05) is 69.4 Å². The van der Waals surface area contributed by atoms with E-state index < -0.39 is 0 Å². The summed E-state index contributed by atoms with van der Waals surface area (Å²) in [6.07, 6.45) is 8.53. The average Bonchev–Trinajstić information content (AvgIpc) is 2.94. The van der Waals surface area contributed by atoms with Crippen LogP contribution in [0.4, 0.5) is 11.4 Å². The van der Waals surface area contributed by atoms with Gasteiger partial charge in [-0.3, -0.25) is 4.79 Å².